The number of fused-ring (bicyclic) bond motifs is 3. The zero-order valence-corrected chi connectivity index (χ0v) is 14.8. The van der Waals surface area contributed by atoms with Crippen LogP contribution in [0.25, 0.3) is 16.8 Å². The number of carbonyl (C=O) groups is 1. The van der Waals surface area contributed by atoms with E-state index in [-0.39, 0.29) is 17.9 Å². The maximum absolute atomic E-state index is 13.1. The summed E-state index contributed by atoms with van der Waals surface area (Å²) in [7, 11) is 0. The summed E-state index contributed by atoms with van der Waals surface area (Å²) in [5.41, 5.74) is 2.28. The molecule has 8 nitrogen and oxygen atoms in total. The van der Waals surface area contributed by atoms with Crippen LogP contribution in [0.15, 0.2) is 18.5 Å². The van der Waals surface area contributed by atoms with E-state index >= 15 is 0 Å². The minimum absolute atomic E-state index is 0.00348. The number of hydrogen-bond acceptors (Lipinski definition) is 4. The van der Waals surface area contributed by atoms with Crippen molar-refractivity contribution in [3.8, 4) is 0 Å². The quantitative estimate of drug-likeness (QED) is 0.744. The van der Waals surface area contributed by atoms with Crippen molar-refractivity contribution in [3.05, 3.63) is 24.3 Å². The normalized spacial score (nSPS) is 24.7. The number of likely N-dealkylation sites (tertiary alicyclic amines) is 2. The Labute approximate surface area is 153 Å². The smallest absolute Gasteiger partial charge is 0.320 e. The first-order valence-corrected chi connectivity index (χ1v) is 9.05. The number of hydrogen-bond donors (Lipinski definition) is 1. The van der Waals surface area contributed by atoms with Crippen LogP contribution in [-0.4, -0.2) is 72.5 Å². The average molecular weight is 375 g/mol. The van der Waals surface area contributed by atoms with Gasteiger partial charge in [-0.05, 0) is 12.0 Å². The molecule has 1 N–H and O–H groups in total. The Kier molecular flexibility index (Phi) is 3.40. The summed E-state index contributed by atoms with van der Waals surface area (Å²) < 4.78 is 28.2. The fourth-order valence-corrected chi connectivity index (χ4v) is 4.22. The Bertz CT molecular complexity index is 1020. The van der Waals surface area contributed by atoms with Gasteiger partial charge in [0.25, 0.3) is 5.92 Å². The lowest BCUT2D eigenvalue weighted by Crippen LogP contribution is -2.61. The summed E-state index contributed by atoms with van der Waals surface area (Å²) in [5.74, 6) is -1.77. The number of carbonyl (C=O) groups excluding carboxylic acids is 1. The summed E-state index contributed by atoms with van der Waals surface area (Å²) in [6, 6.07) is 1.60. The van der Waals surface area contributed by atoms with Crippen LogP contribution in [0.4, 0.5) is 13.6 Å². The Morgan fingerprint density at radius 2 is 2.11 bits per heavy atom. The van der Waals surface area contributed by atoms with Gasteiger partial charge >= 0.3 is 6.03 Å². The zero-order chi connectivity index (χ0) is 18.8. The molecule has 2 fully saturated rings. The molecule has 5 heterocycles. The first kappa shape index (κ1) is 16.4. The maximum atomic E-state index is 13.1. The average Bonchev–Trinajstić information content (AvgIpc) is 3.33. The third kappa shape index (κ3) is 2.46. The molecule has 2 saturated heterocycles. The van der Waals surface area contributed by atoms with Crippen molar-refractivity contribution >= 4 is 22.8 Å². The molecule has 2 unspecified atom stereocenters. The van der Waals surface area contributed by atoms with E-state index < -0.39 is 19.0 Å². The predicted octanol–water partition coefficient (Wildman–Crippen LogP) is 2.10. The van der Waals surface area contributed by atoms with Crippen LogP contribution < -0.4 is 0 Å². The van der Waals surface area contributed by atoms with E-state index in [2.05, 4.69) is 27.1 Å². The van der Waals surface area contributed by atoms with Crippen LogP contribution in [0.5, 0.6) is 0 Å². The van der Waals surface area contributed by atoms with Gasteiger partial charge in [-0.25, -0.2) is 18.6 Å². The third-order valence-electron chi connectivity index (χ3n) is 5.65. The molecule has 3 aromatic rings. The van der Waals surface area contributed by atoms with E-state index in [1.807, 2.05) is 16.7 Å². The van der Waals surface area contributed by atoms with Gasteiger partial charge in [-0.1, -0.05) is 13.3 Å². The molecule has 0 bridgehead atoms. The SMILES string of the molecule is CCC1CN(C(=O)N2CC(F)(F)C2)CC1c1nnc2cnc3[nH]ccc3n12. The monoisotopic (exact) mass is 375 g/mol. The number of halogens is 2. The number of alkyl halides is 2. The second kappa shape index (κ2) is 5.61. The molecule has 27 heavy (non-hydrogen) atoms. The van der Waals surface area contributed by atoms with Crippen molar-refractivity contribution in [2.24, 2.45) is 5.92 Å². The minimum atomic E-state index is -2.75. The highest BCUT2D eigenvalue weighted by Crippen LogP contribution is 2.36. The topological polar surface area (TPSA) is 82.4 Å². The van der Waals surface area contributed by atoms with Crippen molar-refractivity contribution in [2.75, 3.05) is 26.2 Å². The fourth-order valence-electron chi connectivity index (χ4n) is 4.22. The van der Waals surface area contributed by atoms with E-state index in [0.29, 0.717) is 18.7 Å². The molecular formula is C17H19F2N7O. The van der Waals surface area contributed by atoms with Gasteiger partial charge < -0.3 is 14.8 Å². The molecule has 10 heteroatoms. The lowest BCUT2D eigenvalue weighted by Gasteiger charge is -2.40. The van der Waals surface area contributed by atoms with E-state index in [9.17, 15) is 13.6 Å². The Morgan fingerprint density at radius 1 is 1.30 bits per heavy atom. The lowest BCUT2D eigenvalue weighted by atomic mass is 9.93. The number of nitrogens with one attached hydrogen (secondary N) is 1. The van der Waals surface area contributed by atoms with Gasteiger partial charge in [0.15, 0.2) is 11.3 Å². The second-order valence-electron chi connectivity index (χ2n) is 7.40. The summed E-state index contributed by atoms with van der Waals surface area (Å²) in [5, 5.41) is 8.63. The van der Waals surface area contributed by atoms with Crippen LogP contribution >= 0.6 is 0 Å². The van der Waals surface area contributed by atoms with Crippen LogP contribution in [0, 0.1) is 5.92 Å². The molecular weight excluding hydrogens is 356 g/mol. The Balaban J connectivity index is 1.47. The van der Waals surface area contributed by atoms with Gasteiger partial charge in [-0.3, -0.25) is 4.40 Å². The third-order valence-corrected chi connectivity index (χ3v) is 5.65. The second-order valence-corrected chi connectivity index (χ2v) is 7.40. The lowest BCUT2D eigenvalue weighted by molar-refractivity contribution is -0.113. The fraction of sp³-hybridized carbons (Fsp3) is 0.529. The van der Waals surface area contributed by atoms with E-state index in [0.717, 1.165) is 23.4 Å². The summed E-state index contributed by atoms with van der Waals surface area (Å²) in [6.45, 7) is 2.08. The zero-order valence-electron chi connectivity index (χ0n) is 14.8. The van der Waals surface area contributed by atoms with Crippen molar-refractivity contribution in [1.82, 2.24) is 34.4 Å². The highest BCUT2D eigenvalue weighted by atomic mass is 19.3. The van der Waals surface area contributed by atoms with Gasteiger partial charge in [0.1, 0.15) is 5.82 Å². The van der Waals surface area contributed by atoms with Crippen molar-refractivity contribution in [1.29, 1.82) is 0 Å². The van der Waals surface area contributed by atoms with Gasteiger partial charge in [0, 0.05) is 25.2 Å². The molecule has 3 aromatic heterocycles. The highest BCUT2D eigenvalue weighted by Gasteiger charge is 2.49. The molecule has 0 aromatic carbocycles. The number of aromatic amines is 1. The molecule has 2 aliphatic rings. The largest absolute Gasteiger partial charge is 0.345 e. The first-order chi connectivity index (χ1) is 13.0. The Hall–Kier alpha value is -2.78. The molecule has 2 atom stereocenters. The van der Waals surface area contributed by atoms with Crippen LogP contribution in [0.3, 0.4) is 0 Å². The van der Waals surface area contributed by atoms with Crippen LogP contribution in [0.1, 0.15) is 25.1 Å². The molecule has 2 aliphatic heterocycles. The highest BCUT2D eigenvalue weighted by molar-refractivity contribution is 5.76. The molecule has 2 amide bonds. The number of urea groups is 1. The predicted molar refractivity (Wildman–Crippen MR) is 92.6 cm³/mol. The summed E-state index contributed by atoms with van der Waals surface area (Å²) in [6.07, 6.45) is 4.34. The van der Waals surface area contributed by atoms with Crippen LogP contribution in [0.2, 0.25) is 0 Å². The number of amides is 2. The maximum Gasteiger partial charge on any atom is 0.320 e. The van der Waals surface area contributed by atoms with Gasteiger partial charge in [-0.2, -0.15) is 0 Å². The van der Waals surface area contributed by atoms with Gasteiger partial charge in [0.2, 0.25) is 0 Å². The Morgan fingerprint density at radius 3 is 2.85 bits per heavy atom. The number of rotatable bonds is 2. The van der Waals surface area contributed by atoms with Crippen molar-refractivity contribution in [2.45, 2.75) is 25.2 Å². The number of aromatic nitrogens is 5. The molecule has 5 rings (SSSR count). The van der Waals surface area contributed by atoms with E-state index in [4.69, 9.17) is 0 Å². The molecule has 0 radical (unpaired) electrons. The molecule has 0 saturated carbocycles. The minimum Gasteiger partial charge on any atom is -0.345 e. The number of H-pyrrole nitrogens is 1. The van der Waals surface area contributed by atoms with Gasteiger partial charge in [-0.15, -0.1) is 10.2 Å². The summed E-state index contributed by atoms with van der Waals surface area (Å²) >= 11 is 0. The first-order valence-electron chi connectivity index (χ1n) is 9.05. The standard InChI is InChI=1S/C17H19F2N7O/c1-2-10-6-24(16(27)25-8-17(18,19)9-25)7-11(10)15-23-22-13-5-21-14-12(26(13)15)3-4-20-14/h3-5,10-11,20H,2,6-9H2,1H3. The van der Waals surface area contributed by atoms with E-state index in [1.165, 1.54) is 4.90 Å². The number of nitrogens with zero attached hydrogens (tertiary/aromatic N) is 6. The summed E-state index contributed by atoms with van der Waals surface area (Å²) in [4.78, 5) is 22.9. The molecule has 0 spiro atoms. The van der Waals surface area contributed by atoms with Crippen molar-refractivity contribution in [3.63, 3.8) is 0 Å². The van der Waals surface area contributed by atoms with E-state index in [1.54, 1.807) is 11.1 Å². The van der Waals surface area contributed by atoms with Crippen molar-refractivity contribution < 1.29 is 13.6 Å². The molecule has 142 valence electrons. The van der Waals surface area contributed by atoms with Gasteiger partial charge in [0.05, 0.1) is 24.8 Å². The molecule has 0 aliphatic carbocycles. The van der Waals surface area contributed by atoms with Crippen LogP contribution in [-0.2, 0) is 0 Å².